The summed E-state index contributed by atoms with van der Waals surface area (Å²) in [5, 5.41) is 21.8. The Bertz CT molecular complexity index is 367. The third-order valence-corrected chi connectivity index (χ3v) is 2.79. The van der Waals surface area contributed by atoms with E-state index in [1.807, 2.05) is 6.92 Å². The van der Waals surface area contributed by atoms with Gasteiger partial charge in [0.15, 0.2) is 0 Å². The fourth-order valence-corrected chi connectivity index (χ4v) is 1.89. The summed E-state index contributed by atoms with van der Waals surface area (Å²) >= 11 is 0. The molecule has 2 unspecified atom stereocenters. The molecular formula is C13H20FNO3. The second-order valence-corrected chi connectivity index (χ2v) is 4.26. The average molecular weight is 257 g/mol. The highest BCUT2D eigenvalue weighted by atomic mass is 19.1. The topological polar surface area (TPSA) is 61.7 Å². The zero-order chi connectivity index (χ0) is 13.5. The van der Waals surface area contributed by atoms with Gasteiger partial charge in [-0.05, 0) is 31.5 Å². The van der Waals surface area contributed by atoms with Crippen molar-refractivity contribution in [3.63, 3.8) is 0 Å². The molecule has 3 N–H and O–H groups in total. The number of nitrogens with one attached hydrogen (secondary N) is 1. The van der Waals surface area contributed by atoms with E-state index in [4.69, 9.17) is 9.84 Å². The molecule has 1 aromatic rings. The van der Waals surface area contributed by atoms with Crippen LogP contribution in [0.1, 0.15) is 24.9 Å². The van der Waals surface area contributed by atoms with Crippen LogP contribution in [0.5, 0.6) is 5.75 Å². The van der Waals surface area contributed by atoms with Crippen LogP contribution < -0.4 is 5.32 Å². The lowest BCUT2D eigenvalue weighted by molar-refractivity contribution is 0.143. The van der Waals surface area contributed by atoms with Gasteiger partial charge in [-0.15, -0.1) is 0 Å². The van der Waals surface area contributed by atoms with Crippen LogP contribution in [-0.2, 0) is 4.74 Å². The van der Waals surface area contributed by atoms with Crippen molar-refractivity contribution in [2.45, 2.75) is 25.4 Å². The Morgan fingerprint density at radius 1 is 1.44 bits per heavy atom. The third-order valence-electron chi connectivity index (χ3n) is 2.79. The summed E-state index contributed by atoms with van der Waals surface area (Å²) in [5.74, 6) is -0.335. The summed E-state index contributed by atoms with van der Waals surface area (Å²) in [4.78, 5) is 0. The molecule has 0 fully saturated rings. The Kier molecular flexibility index (Phi) is 6.04. The van der Waals surface area contributed by atoms with Gasteiger partial charge >= 0.3 is 0 Å². The second kappa shape index (κ2) is 7.31. The van der Waals surface area contributed by atoms with Gasteiger partial charge in [0.2, 0.25) is 0 Å². The van der Waals surface area contributed by atoms with Gasteiger partial charge in [-0.2, -0.15) is 0 Å². The molecule has 102 valence electrons. The maximum absolute atomic E-state index is 13.1. The highest BCUT2D eigenvalue weighted by molar-refractivity contribution is 5.34. The van der Waals surface area contributed by atoms with Gasteiger partial charge < -0.3 is 20.3 Å². The van der Waals surface area contributed by atoms with Gasteiger partial charge in [0.25, 0.3) is 0 Å². The zero-order valence-corrected chi connectivity index (χ0v) is 10.7. The first kappa shape index (κ1) is 14.9. The normalized spacial score (nSPS) is 14.4. The molecule has 0 saturated heterocycles. The predicted molar refractivity (Wildman–Crippen MR) is 67.0 cm³/mol. The molecule has 0 amide bonds. The van der Waals surface area contributed by atoms with Crippen LogP contribution in [0, 0.1) is 5.82 Å². The molecule has 0 saturated carbocycles. The number of halogens is 1. The van der Waals surface area contributed by atoms with E-state index >= 15 is 0 Å². The number of hydrogen-bond acceptors (Lipinski definition) is 4. The lowest BCUT2D eigenvalue weighted by Crippen LogP contribution is -2.36. The minimum Gasteiger partial charge on any atom is -0.508 e. The first-order valence-electron chi connectivity index (χ1n) is 5.92. The number of aliphatic hydroxyl groups is 1. The van der Waals surface area contributed by atoms with E-state index in [1.165, 1.54) is 18.2 Å². The van der Waals surface area contributed by atoms with Crippen LogP contribution in [0.2, 0.25) is 0 Å². The van der Waals surface area contributed by atoms with Gasteiger partial charge in [-0.1, -0.05) is 0 Å². The molecule has 0 spiro atoms. The standard InChI is InChI=1S/C13H20FNO3/c1-9(15-11(5-6-16)8-18-2)12-7-10(14)3-4-13(12)17/h3-4,7,9,11,15-17H,5-6,8H2,1-2H3. The SMILES string of the molecule is COCC(CCO)NC(C)c1cc(F)ccc1O. The van der Waals surface area contributed by atoms with Gasteiger partial charge in [-0.25, -0.2) is 4.39 Å². The first-order chi connectivity index (χ1) is 8.58. The summed E-state index contributed by atoms with van der Waals surface area (Å²) in [5.41, 5.74) is 0.494. The molecule has 0 aliphatic rings. The molecule has 1 aromatic carbocycles. The molecule has 1 rings (SSSR count). The molecule has 4 nitrogen and oxygen atoms in total. The van der Waals surface area contributed by atoms with Gasteiger partial charge in [0.05, 0.1) is 6.61 Å². The van der Waals surface area contributed by atoms with Crippen LogP contribution in [0.4, 0.5) is 4.39 Å². The molecule has 0 heterocycles. The van der Waals surface area contributed by atoms with Gasteiger partial charge in [0.1, 0.15) is 11.6 Å². The average Bonchev–Trinajstić information content (AvgIpc) is 2.33. The summed E-state index contributed by atoms with van der Waals surface area (Å²) in [6, 6.07) is 3.58. The van der Waals surface area contributed by atoms with Crippen molar-refractivity contribution in [3.8, 4) is 5.75 Å². The van der Waals surface area contributed by atoms with E-state index in [1.54, 1.807) is 7.11 Å². The van der Waals surface area contributed by atoms with E-state index < -0.39 is 0 Å². The molecule has 0 aromatic heterocycles. The number of methoxy groups -OCH3 is 1. The van der Waals surface area contributed by atoms with Crippen LogP contribution >= 0.6 is 0 Å². The van der Waals surface area contributed by atoms with Crippen LogP contribution in [0.15, 0.2) is 18.2 Å². The lowest BCUT2D eigenvalue weighted by atomic mass is 10.1. The van der Waals surface area contributed by atoms with Crippen molar-refractivity contribution >= 4 is 0 Å². The van der Waals surface area contributed by atoms with Gasteiger partial charge in [-0.3, -0.25) is 0 Å². The number of phenols is 1. The highest BCUT2D eigenvalue weighted by Crippen LogP contribution is 2.25. The van der Waals surface area contributed by atoms with Crippen LogP contribution in [-0.4, -0.2) is 36.6 Å². The molecule has 5 heteroatoms. The molecule has 0 aliphatic carbocycles. The maximum Gasteiger partial charge on any atom is 0.123 e. The molecule has 0 radical (unpaired) electrons. The van der Waals surface area contributed by atoms with E-state index in [9.17, 15) is 9.50 Å². The summed E-state index contributed by atoms with van der Waals surface area (Å²) < 4.78 is 18.2. The monoisotopic (exact) mass is 257 g/mol. The third kappa shape index (κ3) is 4.25. The first-order valence-corrected chi connectivity index (χ1v) is 5.92. The van der Waals surface area contributed by atoms with E-state index in [0.29, 0.717) is 18.6 Å². The fraction of sp³-hybridized carbons (Fsp3) is 0.538. The van der Waals surface area contributed by atoms with Crippen molar-refractivity contribution in [2.75, 3.05) is 20.3 Å². The van der Waals surface area contributed by atoms with Crippen molar-refractivity contribution in [3.05, 3.63) is 29.6 Å². The summed E-state index contributed by atoms with van der Waals surface area (Å²) in [6.07, 6.45) is 0.536. The van der Waals surface area contributed by atoms with Crippen LogP contribution in [0.25, 0.3) is 0 Å². The quantitative estimate of drug-likeness (QED) is 0.694. The molecule has 0 aliphatic heterocycles. The van der Waals surface area contributed by atoms with E-state index in [0.717, 1.165) is 0 Å². The van der Waals surface area contributed by atoms with Crippen LogP contribution in [0.3, 0.4) is 0 Å². The van der Waals surface area contributed by atoms with Crippen molar-refractivity contribution in [1.82, 2.24) is 5.32 Å². The lowest BCUT2D eigenvalue weighted by Gasteiger charge is -2.23. The second-order valence-electron chi connectivity index (χ2n) is 4.26. The number of hydrogen-bond donors (Lipinski definition) is 3. The van der Waals surface area contributed by atoms with Gasteiger partial charge in [0, 0.05) is 31.4 Å². The predicted octanol–water partition coefficient (Wildman–Crippen LogP) is 1.58. The van der Waals surface area contributed by atoms with E-state index in [2.05, 4.69) is 5.32 Å². The highest BCUT2D eigenvalue weighted by Gasteiger charge is 2.16. The van der Waals surface area contributed by atoms with E-state index in [-0.39, 0.29) is 30.3 Å². The summed E-state index contributed by atoms with van der Waals surface area (Å²) in [7, 11) is 1.58. The molecule has 18 heavy (non-hydrogen) atoms. The number of aliphatic hydroxyl groups excluding tert-OH is 1. The number of phenolic OH excluding ortho intramolecular Hbond substituents is 1. The minimum atomic E-state index is -0.387. The Morgan fingerprint density at radius 2 is 2.17 bits per heavy atom. The number of benzene rings is 1. The Morgan fingerprint density at radius 3 is 2.78 bits per heavy atom. The van der Waals surface area contributed by atoms with Crippen molar-refractivity contribution in [1.29, 1.82) is 0 Å². The Labute approximate surface area is 106 Å². The van der Waals surface area contributed by atoms with Crippen molar-refractivity contribution < 1.29 is 19.3 Å². The summed E-state index contributed by atoms with van der Waals surface area (Å²) in [6.45, 7) is 2.32. The van der Waals surface area contributed by atoms with Crippen molar-refractivity contribution in [2.24, 2.45) is 0 Å². The maximum atomic E-state index is 13.1. The largest absolute Gasteiger partial charge is 0.508 e. The fourth-order valence-electron chi connectivity index (χ4n) is 1.89. The Hall–Kier alpha value is -1.17. The minimum absolute atomic E-state index is 0.0438. The number of aromatic hydroxyl groups is 1. The zero-order valence-electron chi connectivity index (χ0n) is 10.7. The Balaban J connectivity index is 2.73. The molecule has 2 atom stereocenters. The molecule has 0 bridgehead atoms. The number of rotatable bonds is 7. The smallest absolute Gasteiger partial charge is 0.123 e. The number of ether oxygens (including phenoxy) is 1. The molecular weight excluding hydrogens is 237 g/mol.